The molecular formula is C26H40F6O3. The van der Waals surface area contributed by atoms with Crippen LogP contribution in [0.4, 0.5) is 26.3 Å². The minimum Gasteiger partial charge on any atom is -0.331 e. The summed E-state index contributed by atoms with van der Waals surface area (Å²) in [5.41, 5.74) is -2.59. The van der Waals surface area contributed by atoms with Crippen molar-refractivity contribution < 1.29 is 40.6 Å². The summed E-state index contributed by atoms with van der Waals surface area (Å²) < 4.78 is 96.4. The summed E-state index contributed by atoms with van der Waals surface area (Å²) in [6, 6.07) is 1.74. The Morgan fingerprint density at radius 3 is 1.66 bits per heavy atom. The van der Waals surface area contributed by atoms with E-state index in [-0.39, 0.29) is 30.1 Å². The van der Waals surface area contributed by atoms with E-state index in [9.17, 15) is 26.3 Å². The summed E-state index contributed by atoms with van der Waals surface area (Å²) in [6.07, 6.45) is -1.85. The maximum Gasteiger partial charge on any atom is 0.416 e. The van der Waals surface area contributed by atoms with Crippen LogP contribution in [-0.4, -0.2) is 26.3 Å². The summed E-state index contributed by atoms with van der Waals surface area (Å²) in [4.78, 5) is 0. The number of halogens is 6. The lowest BCUT2D eigenvalue weighted by atomic mass is 9.90. The third-order valence-corrected chi connectivity index (χ3v) is 6.04. The number of unbranched alkanes of at least 4 members (excludes halogenated alkanes) is 5. The Hall–Kier alpha value is -1.32. The van der Waals surface area contributed by atoms with Gasteiger partial charge in [0, 0.05) is 20.1 Å². The zero-order valence-corrected chi connectivity index (χ0v) is 21.5. The topological polar surface area (TPSA) is 27.7 Å². The zero-order chi connectivity index (χ0) is 26.7. The highest BCUT2D eigenvalue weighted by Gasteiger charge is 2.41. The van der Waals surface area contributed by atoms with Crippen molar-refractivity contribution in [3.8, 4) is 0 Å². The van der Waals surface area contributed by atoms with Gasteiger partial charge < -0.3 is 14.2 Å². The van der Waals surface area contributed by atoms with E-state index in [0.717, 1.165) is 44.2 Å². The van der Waals surface area contributed by atoms with E-state index in [4.69, 9.17) is 14.2 Å². The predicted molar refractivity (Wildman–Crippen MR) is 124 cm³/mol. The van der Waals surface area contributed by atoms with Gasteiger partial charge in [-0.25, -0.2) is 0 Å². The number of aryl methyl sites for hydroxylation is 1. The molecule has 0 aliphatic heterocycles. The molecule has 1 atom stereocenters. The molecule has 0 aromatic heterocycles. The summed E-state index contributed by atoms with van der Waals surface area (Å²) in [6.45, 7) is 5.83. The molecule has 3 nitrogen and oxygen atoms in total. The molecule has 1 aromatic carbocycles. The normalized spacial score (nSPS) is 14.1. The molecule has 0 amide bonds. The molecule has 204 valence electrons. The van der Waals surface area contributed by atoms with E-state index in [2.05, 4.69) is 6.92 Å². The number of hydrogen-bond acceptors (Lipinski definition) is 3. The molecule has 0 bridgehead atoms. The standard InChI is InChI=1S/C26H40F6O3/c1-6-7-8-9-10-11-14-21(26(33-4,34-5)35-19(2)3)15-12-13-20-16-22(24(27,28)29)18-23(17-20)25(30,31)32/h16-19,21H,6-15H2,1-5H3. The van der Waals surface area contributed by atoms with Gasteiger partial charge in [0.25, 0.3) is 5.97 Å². The first kappa shape index (κ1) is 31.7. The fraction of sp³-hybridized carbons (Fsp3) is 0.769. The number of benzene rings is 1. The number of ether oxygens (including phenoxy) is 3. The Labute approximate surface area is 205 Å². The van der Waals surface area contributed by atoms with Crippen LogP contribution in [0.3, 0.4) is 0 Å². The lowest BCUT2D eigenvalue weighted by molar-refractivity contribution is -0.399. The number of methoxy groups -OCH3 is 2. The molecule has 35 heavy (non-hydrogen) atoms. The van der Waals surface area contributed by atoms with Crippen molar-refractivity contribution >= 4 is 0 Å². The Morgan fingerprint density at radius 2 is 1.20 bits per heavy atom. The van der Waals surface area contributed by atoms with Crippen LogP contribution in [0, 0.1) is 5.92 Å². The van der Waals surface area contributed by atoms with Gasteiger partial charge in [0.1, 0.15) is 0 Å². The Kier molecular flexibility index (Phi) is 13.1. The molecule has 1 unspecified atom stereocenters. The average Bonchev–Trinajstić information content (AvgIpc) is 2.77. The van der Waals surface area contributed by atoms with E-state index in [1.54, 1.807) is 0 Å². The molecule has 0 saturated heterocycles. The zero-order valence-electron chi connectivity index (χ0n) is 21.5. The highest BCUT2D eigenvalue weighted by Crippen LogP contribution is 2.38. The molecule has 0 heterocycles. The quantitative estimate of drug-likeness (QED) is 0.125. The maximum atomic E-state index is 13.2. The molecule has 0 aliphatic carbocycles. The van der Waals surface area contributed by atoms with Crippen molar-refractivity contribution in [1.82, 2.24) is 0 Å². The molecule has 0 N–H and O–H groups in total. The second-order valence-electron chi connectivity index (χ2n) is 9.24. The van der Waals surface area contributed by atoms with Crippen molar-refractivity contribution in [2.75, 3.05) is 14.2 Å². The summed E-state index contributed by atoms with van der Waals surface area (Å²) in [5.74, 6) is -1.57. The third kappa shape index (κ3) is 10.7. The van der Waals surface area contributed by atoms with Crippen LogP contribution in [0.15, 0.2) is 18.2 Å². The average molecular weight is 515 g/mol. The second kappa shape index (κ2) is 14.4. The SMILES string of the molecule is CCCCCCCCC(CCCc1cc(C(F)(F)F)cc(C(F)(F)F)c1)C(OC)(OC)OC(C)C. The lowest BCUT2D eigenvalue weighted by Crippen LogP contribution is -2.46. The largest absolute Gasteiger partial charge is 0.416 e. The van der Waals surface area contributed by atoms with Crippen molar-refractivity contribution in [2.45, 2.75) is 109 Å². The second-order valence-corrected chi connectivity index (χ2v) is 9.24. The molecule has 0 fully saturated rings. The minimum absolute atomic E-state index is 0.00400. The van der Waals surface area contributed by atoms with Gasteiger partial charge in [-0.05, 0) is 63.3 Å². The van der Waals surface area contributed by atoms with E-state index in [0.29, 0.717) is 19.3 Å². The number of alkyl halides is 6. The van der Waals surface area contributed by atoms with E-state index >= 15 is 0 Å². The lowest BCUT2D eigenvalue weighted by Gasteiger charge is -2.39. The number of rotatable bonds is 16. The van der Waals surface area contributed by atoms with Gasteiger partial charge in [-0.15, -0.1) is 0 Å². The predicted octanol–water partition coefficient (Wildman–Crippen LogP) is 8.79. The van der Waals surface area contributed by atoms with Crippen LogP contribution >= 0.6 is 0 Å². The van der Waals surface area contributed by atoms with E-state index in [1.165, 1.54) is 20.6 Å². The highest BCUT2D eigenvalue weighted by molar-refractivity contribution is 5.33. The maximum absolute atomic E-state index is 13.2. The van der Waals surface area contributed by atoms with Gasteiger partial charge >= 0.3 is 12.4 Å². The van der Waals surface area contributed by atoms with Crippen molar-refractivity contribution in [3.05, 3.63) is 34.9 Å². The Bertz CT molecular complexity index is 695. The monoisotopic (exact) mass is 514 g/mol. The summed E-state index contributed by atoms with van der Waals surface area (Å²) >= 11 is 0. The molecule has 0 aliphatic rings. The third-order valence-electron chi connectivity index (χ3n) is 6.04. The molecule has 0 saturated carbocycles. The van der Waals surface area contributed by atoms with Crippen LogP contribution in [0.2, 0.25) is 0 Å². The van der Waals surface area contributed by atoms with Gasteiger partial charge in [0.2, 0.25) is 0 Å². The molecular weight excluding hydrogens is 474 g/mol. The van der Waals surface area contributed by atoms with Crippen LogP contribution in [0.5, 0.6) is 0 Å². The van der Waals surface area contributed by atoms with Gasteiger partial charge in [0.15, 0.2) is 0 Å². The van der Waals surface area contributed by atoms with Crippen LogP contribution in [-0.2, 0) is 33.0 Å². The summed E-state index contributed by atoms with van der Waals surface area (Å²) in [7, 11) is 2.95. The minimum atomic E-state index is -4.86. The molecule has 0 spiro atoms. The smallest absolute Gasteiger partial charge is 0.331 e. The molecule has 9 heteroatoms. The fourth-order valence-corrected chi connectivity index (χ4v) is 4.32. The first-order valence-electron chi connectivity index (χ1n) is 12.4. The van der Waals surface area contributed by atoms with Gasteiger partial charge in [-0.1, -0.05) is 45.4 Å². The van der Waals surface area contributed by atoms with Crippen molar-refractivity contribution in [3.63, 3.8) is 0 Å². The first-order valence-corrected chi connectivity index (χ1v) is 12.4. The van der Waals surface area contributed by atoms with Crippen LogP contribution < -0.4 is 0 Å². The van der Waals surface area contributed by atoms with Gasteiger partial charge in [-0.3, -0.25) is 0 Å². The van der Waals surface area contributed by atoms with Gasteiger partial charge in [0.05, 0.1) is 17.2 Å². The summed E-state index contributed by atoms with van der Waals surface area (Å²) in [5, 5.41) is 0. The van der Waals surface area contributed by atoms with Crippen LogP contribution in [0.1, 0.15) is 95.2 Å². The number of hydrogen-bond donors (Lipinski definition) is 0. The Balaban J connectivity index is 3.01. The Morgan fingerprint density at radius 1 is 0.714 bits per heavy atom. The highest BCUT2D eigenvalue weighted by atomic mass is 19.4. The van der Waals surface area contributed by atoms with Crippen LogP contribution in [0.25, 0.3) is 0 Å². The van der Waals surface area contributed by atoms with Crippen molar-refractivity contribution in [2.24, 2.45) is 5.92 Å². The fourth-order valence-electron chi connectivity index (χ4n) is 4.32. The van der Waals surface area contributed by atoms with E-state index in [1.807, 2.05) is 13.8 Å². The first-order chi connectivity index (χ1) is 16.3. The van der Waals surface area contributed by atoms with Gasteiger partial charge in [-0.2, -0.15) is 26.3 Å². The van der Waals surface area contributed by atoms with E-state index < -0.39 is 29.5 Å². The molecule has 1 aromatic rings. The molecule has 0 radical (unpaired) electrons. The molecule has 1 rings (SSSR count). The van der Waals surface area contributed by atoms with Crippen molar-refractivity contribution in [1.29, 1.82) is 0 Å².